The Labute approximate surface area is 116 Å². The molecule has 0 saturated heterocycles. The number of aryl methyl sites for hydroxylation is 2. The molecule has 0 aliphatic rings. The number of benzene rings is 1. The smallest absolute Gasteiger partial charge is 0.343 e. The molecule has 1 heterocycles. The summed E-state index contributed by atoms with van der Waals surface area (Å²) < 4.78 is 20.5. The number of nitrogens with zero attached hydrogens (tertiary/aromatic N) is 2. The predicted molar refractivity (Wildman–Crippen MR) is 69.1 cm³/mol. The molecular weight excluding hydrogens is 319 g/mol. The zero-order valence-corrected chi connectivity index (χ0v) is 11.7. The van der Waals surface area contributed by atoms with Gasteiger partial charge in [0, 0.05) is 17.6 Å². The van der Waals surface area contributed by atoms with Gasteiger partial charge in [0.25, 0.3) is 0 Å². The number of carbonyl (C=O) groups is 1. The van der Waals surface area contributed by atoms with E-state index in [0.717, 1.165) is 0 Å². The monoisotopic (exact) mass is 328 g/mol. The van der Waals surface area contributed by atoms with E-state index >= 15 is 0 Å². The van der Waals surface area contributed by atoms with E-state index < -0.39 is 11.8 Å². The topological polar surface area (TPSA) is 64.4 Å². The Hall–Kier alpha value is -1.89. The molecule has 0 radical (unpaired) electrons. The van der Waals surface area contributed by atoms with Gasteiger partial charge in [-0.3, -0.25) is 0 Å². The summed E-state index contributed by atoms with van der Waals surface area (Å²) in [4.78, 5) is 11.2. The number of aromatic nitrogens is 2. The Morgan fingerprint density at radius 1 is 1.47 bits per heavy atom. The number of hydrogen-bond donors (Lipinski definition) is 1. The average Bonchev–Trinajstić information content (AvgIpc) is 2.52. The molecule has 0 fully saturated rings. The van der Waals surface area contributed by atoms with E-state index in [4.69, 9.17) is 9.84 Å². The van der Waals surface area contributed by atoms with Crippen LogP contribution in [-0.2, 0) is 7.05 Å². The number of carboxylic acids is 1. The second-order valence-electron chi connectivity index (χ2n) is 3.90. The summed E-state index contributed by atoms with van der Waals surface area (Å²) in [6, 6.07) is 3.98. The van der Waals surface area contributed by atoms with Crippen LogP contribution in [0.4, 0.5) is 4.39 Å². The highest BCUT2D eigenvalue weighted by Crippen LogP contribution is 2.29. The molecule has 2 rings (SSSR count). The maximum absolute atomic E-state index is 13.2. The van der Waals surface area contributed by atoms with Crippen LogP contribution in [0.1, 0.15) is 16.1 Å². The molecule has 0 unspecified atom stereocenters. The summed E-state index contributed by atoms with van der Waals surface area (Å²) >= 11 is 3.14. The molecule has 1 aromatic heterocycles. The van der Waals surface area contributed by atoms with Crippen LogP contribution in [-0.4, -0.2) is 20.9 Å². The summed E-state index contributed by atoms with van der Waals surface area (Å²) in [5, 5.41) is 13.1. The molecule has 19 heavy (non-hydrogen) atoms. The fourth-order valence-electron chi connectivity index (χ4n) is 1.70. The standard InChI is InChI=1S/C12H10BrFN2O3/c1-6-10(12(17)18)11(16(2)15-6)19-9-4-7(13)3-8(14)5-9/h3-5H,1-2H3,(H,17,18). The highest BCUT2D eigenvalue weighted by molar-refractivity contribution is 9.10. The van der Waals surface area contributed by atoms with Crippen molar-refractivity contribution < 1.29 is 19.0 Å². The lowest BCUT2D eigenvalue weighted by molar-refractivity contribution is 0.0693. The minimum Gasteiger partial charge on any atom is -0.477 e. The number of carboxylic acid groups (broad SMARTS) is 1. The van der Waals surface area contributed by atoms with Crippen molar-refractivity contribution in [3.8, 4) is 11.6 Å². The highest BCUT2D eigenvalue weighted by Gasteiger charge is 2.21. The quantitative estimate of drug-likeness (QED) is 0.940. The van der Waals surface area contributed by atoms with Crippen LogP contribution >= 0.6 is 15.9 Å². The zero-order chi connectivity index (χ0) is 14.2. The molecule has 0 atom stereocenters. The lowest BCUT2D eigenvalue weighted by atomic mass is 10.2. The van der Waals surface area contributed by atoms with Crippen LogP contribution in [0.2, 0.25) is 0 Å². The fourth-order valence-corrected chi connectivity index (χ4v) is 2.14. The fraction of sp³-hybridized carbons (Fsp3) is 0.167. The number of hydrogen-bond acceptors (Lipinski definition) is 3. The van der Waals surface area contributed by atoms with Gasteiger partial charge in [0.15, 0.2) is 0 Å². The van der Waals surface area contributed by atoms with Crippen LogP contribution in [0, 0.1) is 12.7 Å². The van der Waals surface area contributed by atoms with E-state index in [1.165, 1.54) is 22.9 Å². The Bertz CT molecular complexity index is 634. The van der Waals surface area contributed by atoms with Crippen LogP contribution in [0.25, 0.3) is 0 Å². The molecule has 100 valence electrons. The summed E-state index contributed by atoms with van der Waals surface area (Å²) in [5.74, 6) is -1.38. The van der Waals surface area contributed by atoms with E-state index in [2.05, 4.69) is 21.0 Å². The Kier molecular flexibility index (Phi) is 3.57. The van der Waals surface area contributed by atoms with Gasteiger partial charge in [-0.25, -0.2) is 13.9 Å². The summed E-state index contributed by atoms with van der Waals surface area (Å²) in [6.07, 6.45) is 0. The highest BCUT2D eigenvalue weighted by atomic mass is 79.9. The van der Waals surface area contributed by atoms with Gasteiger partial charge in [0.1, 0.15) is 17.1 Å². The van der Waals surface area contributed by atoms with Gasteiger partial charge in [-0.15, -0.1) is 0 Å². The van der Waals surface area contributed by atoms with E-state index in [0.29, 0.717) is 10.2 Å². The van der Waals surface area contributed by atoms with Gasteiger partial charge < -0.3 is 9.84 Å². The van der Waals surface area contributed by atoms with Gasteiger partial charge in [-0.2, -0.15) is 5.10 Å². The van der Waals surface area contributed by atoms with Crippen LogP contribution in [0.3, 0.4) is 0 Å². The van der Waals surface area contributed by atoms with E-state index in [9.17, 15) is 9.18 Å². The van der Waals surface area contributed by atoms with Crippen molar-refractivity contribution in [2.45, 2.75) is 6.92 Å². The summed E-state index contributed by atoms with van der Waals surface area (Å²) in [6.45, 7) is 1.57. The molecule has 5 nitrogen and oxygen atoms in total. The Morgan fingerprint density at radius 2 is 2.16 bits per heavy atom. The maximum atomic E-state index is 13.2. The van der Waals surface area contributed by atoms with Crippen LogP contribution in [0.15, 0.2) is 22.7 Å². The molecule has 0 bridgehead atoms. The maximum Gasteiger partial charge on any atom is 0.343 e. The van der Waals surface area contributed by atoms with Crippen LogP contribution in [0.5, 0.6) is 11.6 Å². The van der Waals surface area contributed by atoms with Crippen molar-refractivity contribution in [1.29, 1.82) is 0 Å². The second-order valence-corrected chi connectivity index (χ2v) is 4.82. The van der Waals surface area contributed by atoms with Gasteiger partial charge in [-0.05, 0) is 19.1 Å². The van der Waals surface area contributed by atoms with Crippen molar-refractivity contribution in [2.24, 2.45) is 7.05 Å². The van der Waals surface area contributed by atoms with Gasteiger partial charge in [0.2, 0.25) is 5.88 Å². The number of ether oxygens (including phenoxy) is 1. The first-order chi connectivity index (χ1) is 8.88. The lowest BCUT2D eigenvalue weighted by Gasteiger charge is -2.07. The minimum absolute atomic E-state index is 0.0390. The van der Waals surface area contributed by atoms with E-state index in [1.807, 2.05) is 0 Å². The van der Waals surface area contributed by atoms with Gasteiger partial charge in [0.05, 0.1) is 5.69 Å². The predicted octanol–water partition coefficient (Wildman–Crippen LogP) is 3.12. The van der Waals surface area contributed by atoms with Gasteiger partial charge >= 0.3 is 5.97 Å². The molecule has 0 spiro atoms. The Balaban J connectivity index is 2.46. The Morgan fingerprint density at radius 3 is 2.74 bits per heavy atom. The third-order valence-corrected chi connectivity index (χ3v) is 2.89. The SMILES string of the molecule is Cc1nn(C)c(Oc2cc(F)cc(Br)c2)c1C(=O)O. The number of halogens is 2. The molecular formula is C12H10BrFN2O3. The molecule has 2 aromatic rings. The summed E-state index contributed by atoms with van der Waals surface area (Å²) in [7, 11) is 1.56. The molecule has 1 N–H and O–H groups in total. The van der Waals surface area contributed by atoms with E-state index in [1.54, 1.807) is 14.0 Å². The summed E-state index contributed by atoms with van der Waals surface area (Å²) in [5.41, 5.74) is 0.295. The minimum atomic E-state index is -1.14. The molecule has 7 heteroatoms. The van der Waals surface area contributed by atoms with Crippen molar-refractivity contribution in [2.75, 3.05) is 0 Å². The first-order valence-corrected chi connectivity index (χ1v) is 6.08. The van der Waals surface area contributed by atoms with Crippen molar-refractivity contribution in [3.63, 3.8) is 0 Å². The van der Waals surface area contributed by atoms with Crippen molar-refractivity contribution in [1.82, 2.24) is 9.78 Å². The third kappa shape index (κ3) is 2.76. The second kappa shape index (κ2) is 5.00. The first kappa shape index (κ1) is 13.5. The van der Waals surface area contributed by atoms with E-state index in [-0.39, 0.29) is 17.2 Å². The molecule has 1 aromatic carbocycles. The molecule has 0 aliphatic carbocycles. The number of aromatic carboxylic acids is 1. The number of rotatable bonds is 3. The van der Waals surface area contributed by atoms with Crippen molar-refractivity contribution in [3.05, 3.63) is 39.7 Å². The van der Waals surface area contributed by atoms with Crippen LogP contribution < -0.4 is 4.74 Å². The average molecular weight is 329 g/mol. The van der Waals surface area contributed by atoms with Gasteiger partial charge in [-0.1, -0.05) is 15.9 Å². The molecule has 0 saturated carbocycles. The zero-order valence-electron chi connectivity index (χ0n) is 10.1. The lowest BCUT2D eigenvalue weighted by Crippen LogP contribution is -2.02. The normalized spacial score (nSPS) is 10.5. The third-order valence-electron chi connectivity index (χ3n) is 2.43. The van der Waals surface area contributed by atoms with Crippen molar-refractivity contribution >= 4 is 21.9 Å². The molecule has 0 aliphatic heterocycles. The first-order valence-electron chi connectivity index (χ1n) is 5.29. The largest absolute Gasteiger partial charge is 0.477 e. The molecule has 0 amide bonds.